The molecule has 2 heterocycles. The topological polar surface area (TPSA) is 86.7 Å². The number of rotatable bonds is 3. The molecule has 0 N–H and O–H groups in total. The second kappa shape index (κ2) is 5.78. The van der Waals surface area contributed by atoms with Gasteiger partial charge in [-0.05, 0) is 39.7 Å². The third kappa shape index (κ3) is 2.70. The molecule has 3 aromatic rings. The fourth-order valence-corrected chi connectivity index (χ4v) is 3.68. The average Bonchev–Trinajstić information content (AvgIpc) is 2.89. The number of halogens is 2. The summed E-state index contributed by atoms with van der Waals surface area (Å²) in [5.74, 6) is 0. The monoisotopic (exact) mass is 433 g/mol. The van der Waals surface area contributed by atoms with Crippen LogP contribution in [0.4, 0.5) is 5.69 Å². The Balaban J connectivity index is 2.31. The largest absolute Gasteiger partial charge is 0.281 e. The van der Waals surface area contributed by atoms with Crippen LogP contribution in [-0.4, -0.2) is 24.7 Å². The SMILES string of the molecule is O=[N+]([O-])c1cc(-c2cnnc(Cl)c2)cc2c1cnn2PI. The minimum atomic E-state index is -0.412. The van der Waals surface area contributed by atoms with Crippen LogP contribution in [0.15, 0.2) is 30.6 Å². The lowest BCUT2D eigenvalue weighted by molar-refractivity contribution is -0.383. The number of nitro groups is 1. The normalized spacial score (nSPS) is 11.5. The van der Waals surface area contributed by atoms with Gasteiger partial charge < -0.3 is 0 Å². The summed E-state index contributed by atoms with van der Waals surface area (Å²) in [6.45, 7) is 0. The van der Waals surface area contributed by atoms with E-state index < -0.39 is 4.92 Å². The molecule has 7 nitrogen and oxygen atoms in total. The van der Waals surface area contributed by atoms with E-state index in [-0.39, 0.29) is 10.8 Å². The van der Waals surface area contributed by atoms with Gasteiger partial charge in [0.25, 0.3) is 5.69 Å². The molecule has 21 heavy (non-hydrogen) atoms. The Bertz CT molecular complexity index is 856. The van der Waals surface area contributed by atoms with Gasteiger partial charge in [-0.1, -0.05) is 11.6 Å². The second-order valence-electron chi connectivity index (χ2n) is 4.09. The quantitative estimate of drug-likeness (QED) is 0.271. The summed E-state index contributed by atoms with van der Waals surface area (Å²) in [4.78, 5) is 10.9. The summed E-state index contributed by atoms with van der Waals surface area (Å²) in [6, 6.07) is 4.96. The van der Waals surface area contributed by atoms with E-state index in [1.54, 1.807) is 10.5 Å². The summed E-state index contributed by atoms with van der Waals surface area (Å²) >= 11 is 8.00. The molecule has 1 atom stereocenters. The highest BCUT2D eigenvalue weighted by Crippen LogP contribution is 2.36. The summed E-state index contributed by atoms with van der Waals surface area (Å²) in [6.07, 6.45) is 3.38. The van der Waals surface area contributed by atoms with Crippen molar-refractivity contribution in [2.75, 3.05) is 0 Å². The Labute approximate surface area is 138 Å². The Kier molecular flexibility index (Phi) is 4.01. The van der Waals surface area contributed by atoms with Gasteiger partial charge in [-0.15, -0.1) is 5.10 Å². The molecule has 2 aromatic heterocycles. The van der Waals surface area contributed by atoms with Gasteiger partial charge in [-0.2, -0.15) is 10.2 Å². The molecule has 1 aromatic carbocycles. The minimum Gasteiger partial charge on any atom is -0.258 e. The second-order valence-corrected chi connectivity index (χ2v) is 6.52. The van der Waals surface area contributed by atoms with Crippen LogP contribution in [-0.2, 0) is 0 Å². The molecule has 0 aliphatic rings. The maximum atomic E-state index is 11.3. The van der Waals surface area contributed by atoms with Crippen LogP contribution in [0.2, 0.25) is 5.15 Å². The summed E-state index contributed by atoms with van der Waals surface area (Å²) in [5.41, 5.74) is 2.04. The van der Waals surface area contributed by atoms with Crippen molar-refractivity contribution in [1.29, 1.82) is 0 Å². The van der Waals surface area contributed by atoms with E-state index in [1.807, 2.05) is 6.07 Å². The predicted molar refractivity (Wildman–Crippen MR) is 90.2 cm³/mol. The fourth-order valence-electron chi connectivity index (χ4n) is 1.99. The van der Waals surface area contributed by atoms with Crippen molar-refractivity contribution in [2.45, 2.75) is 0 Å². The third-order valence-electron chi connectivity index (χ3n) is 2.90. The standard InChI is InChI=1S/C11H6ClIN5O2P/c12-11-3-7(4-14-16-11)6-1-9-8(5-15-17(9)21-13)10(2-6)18(19)20/h1-5,21H. The van der Waals surface area contributed by atoms with E-state index in [0.717, 1.165) is 0 Å². The number of nitro benzene ring substituents is 1. The maximum absolute atomic E-state index is 11.3. The smallest absolute Gasteiger partial charge is 0.258 e. The number of fused-ring (bicyclic) bond motifs is 1. The van der Waals surface area contributed by atoms with Gasteiger partial charge in [0.2, 0.25) is 0 Å². The molecular formula is C11H6ClIN5O2P. The molecule has 0 radical (unpaired) electrons. The summed E-state index contributed by atoms with van der Waals surface area (Å²) in [7, 11) is 0. The van der Waals surface area contributed by atoms with Crippen molar-refractivity contribution in [2.24, 2.45) is 0 Å². The van der Waals surface area contributed by atoms with E-state index in [0.29, 0.717) is 28.4 Å². The van der Waals surface area contributed by atoms with Crippen molar-refractivity contribution >= 4 is 56.6 Å². The lowest BCUT2D eigenvalue weighted by atomic mass is 10.1. The molecule has 0 spiro atoms. The lowest BCUT2D eigenvalue weighted by Crippen LogP contribution is -1.92. The Hall–Kier alpha value is -1.38. The first kappa shape index (κ1) is 14.6. The molecule has 3 rings (SSSR count). The predicted octanol–water partition coefficient (Wildman–Crippen LogP) is 3.85. The number of non-ortho nitro benzene ring substituents is 1. The zero-order valence-electron chi connectivity index (χ0n) is 10.2. The van der Waals surface area contributed by atoms with E-state index >= 15 is 0 Å². The molecule has 0 saturated carbocycles. The molecule has 0 aliphatic carbocycles. The molecule has 0 aliphatic heterocycles. The van der Waals surface area contributed by atoms with E-state index in [4.69, 9.17) is 11.6 Å². The van der Waals surface area contributed by atoms with Crippen molar-refractivity contribution in [3.8, 4) is 11.1 Å². The van der Waals surface area contributed by atoms with E-state index in [9.17, 15) is 10.1 Å². The number of benzene rings is 1. The highest BCUT2D eigenvalue weighted by Gasteiger charge is 2.18. The zero-order chi connectivity index (χ0) is 15.0. The van der Waals surface area contributed by atoms with Crippen molar-refractivity contribution < 1.29 is 4.92 Å². The molecule has 106 valence electrons. The van der Waals surface area contributed by atoms with Gasteiger partial charge in [0.15, 0.2) is 5.15 Å². The Morgan fingerprint density at radius 1 is 1.29 bits per heavy atom. The fraction of sp³-hybridized carbons (Fsp3) is 0. The molecular weight excluding hydrogens is 427 g/mol. The van der Waals surface area contributed by atoms with Gasteiger partial charge in [0, 0.05) is 11.6 Å². The van der Waals surface area contributed by atoms with Gasteiger partial charge in [-0.25, -0.2) is 4.45 Å². The van der Waals surface area contributed by atoms with Gasteiger partial charge in [-0.3, -0.25) is 10.1 Å². The van der Waals surface area contributed by atoms with Crippen LogP contribution in [0.1, 0.15) is 0 Å². The first-order chi connectivity index (χ1) is 10.1. The first-order valence-electron chi connectivity index (χ1n) is 5.61. The number of hydrogen-bond donors (Lipinski definition) is 0. The number of hydrogen-bond acceptors (Lipinski definition) is 5. The van der Waals surface area contributed by atoms with Crippen LogP contribution in [0, 0.1) is 10.1 Å². The van der Waals surface area contributed by atoms with Crippen LogP contribution < -0.4 is 0 Å². The van der Waals surface area contributed by atoms with Crippen molar-refractivity contribution in [3.05, 3.63) is 45.9 Å². The molecule has 0 fully saturated rings. The number of aromatic nitrogens is 4. The van der Waals surface area contributed by atoms with Gasteiger partial charge in [0.05, 0.1) is 34.6 Å². The molecule has 0 saturated heterocycles. The zero-order valence-corrected chi connectivity index (χ0v) is 14.1. The van der Waals surface area contributed by atoms with Crippen LogP contribution in [0.3, 0.4) is 0 Å². The average molecular weight is 434 g/mol. The van der Waals surface area contributed by atoms with Gasteiger partial charge >= 0.3 is 0 Å². The van der Waals surface area contributed by atoms with Crippen LogP contribution >= 0.6 is 40.0 Å². The first-order valence-corrected chi connectivity index (χ1v) is 10.1. The third-order valence-corrected chi connectivity index (χ3v) is 4.97. The maximum Gasteiger partial charge on any atom is 0.281 e. The molecule has 1 unspecified atom stereocenters. The Morgan fingerprint density at radius 2 is 2.10 bits per heavy atom. The summed E-state index contributed by atoms with van der Waals surface area (Å²) in [5, 5.41) is 23.6. The summed E-state index contributed by atoms with van der Waals surface area (Å²) < 4.78 is 1.72. The molecule has 0 amide bonds. The molecule has 0 bridgehead atoms. The van der Waals surface area contributed by atoms with E-state index in [1.165, 1.54) is 18.5 Å². The van der Waals surface area contributed by atoms with Crippen molar-refractivity contribution in [3.63, 3.8) is 0 Å². The minimum absolute atomic E-state index is 0.0105. The lowest BCUT2D eigenvalue weighted by Gasteiger charge is -2.04. The van der Waals surface area contributed by atoms with Crippen molar-refractivity contribution in [1.82, 2.24) is 19.7 Å². The van der Waals surface area contributed by atoms with Crippen LogP contribution in [0.25, 0.3) is 22.0 Å². The molecule has 10 heteroatoms. The number of nitrogens with zero attached hydrogens (tertiary/aromatic N) is 5. The van der Waals surface area contributed by atoms with Gasteiger partial charge in [0.1, 0.15) is 0 Å². The van der Waals surface area contributed by atoms with Crippen LogP contribution in [0.5, 0.6) is 0 Å². The highest BCUT2D eigenvalue weighted by molar-refractivity contribution is 14.2. The highest BCUT2D eigenvalue weighted by atomic mass is 127. The van der Waals surface area contributed by atoms with E-state index in [2.05, 4.69) is 37.3 Å². The Morgan fingerprint density at radius 3 is 2.76 bits per heavy atom.